The lowest BCUT2D eigenvalue weighted by Gasteiger charge is -2.39. The van der Waals surface area contributed by atoms with Crippen molar-refractivity contribution in [3.8, 4) is 0 Å². The highest BCUT2D eigenvalue weighted by Gasteiger charge is 2.72. The molecule has 7 N–H and O–H groups in total. The Morgan fingerprint density at radius 2 is 1.63 bits per heavy atom. The van der Waals surface area contributed by atoms with Crippen molar-refractivity contribution in [3.05, 3.63) is 65.7 Å². The van der Waals surface area contributed by atoms with Crippen LogP contribution in [0.4, 0.5) is 5.69 Å². The fourth-order valence-corrected chi connectivity index (χ4v) is 5.29. The van der Waals surface area contributed by atoms with E-state index in [-0.39, 0.29) is 18.8 Å². The van der Waals surface area contributed by atoms with E-state index in [1.54, 1.807) is 54.6 Å². The number of amidine groups is 1. The molecule has 4 atom stereocenters. The second-order valence-electron chi connectivity index (χ2n) is 8.63. The van der Waals surface area contributed by atoms with Crippen molar-refractivity contribution >= 4 is 35.2 Å². The minimum absolute atomic E-state index is 0.177. The average Bonchev–Trinajstić information content (AvgIpc) is 3.28. The Morgan fingerprint density at radius 3 is 2.14 bits per heavy atom. The summed E-state index contributed by atoms with van der Waals surface area (Å²) in [6, 6.07) is 13.5. The number of aliphatic hydroxyl groups excluding tert-OH is 1. The number of benzene rings is 2. The predicted molar refractivity (Wildman–Crippen MR) is 124 cm³/mol. The van der Waals surface area contributed by atoms with Crippen LogP contribution in [0.5, 0.6) is 0 Å². The van der Waals surface area contributed by atoms with E-state index >= 15 is 0 Å². The van der Waals surface area contributed by atoms with Gasteiger partial charge in [0.1, 0.15) is 5.84 Å². The van der Waals surface area contributed by atoms with Gasteiger partial charge in [0.05, 0.1) is 24.1 Å². The van der Waals surface area contributed by atoms with Crippen molar-refractivity contribution in [2.75, 3.05) is 18.1 Å². The number of carbonyl (C=O) groups excluding carboxylic acids is 3. The number of nitrogens with two attached hydrogens (primary N) is 2. The van der Waals surface area contributed by atoms with Crippen molar-refractivity contribution < 1.29 is 29.4 Å². The lowest BCUT2D eigenvalue weighted by molar-refractivity contribution is -0.159. The molecule has 0 radical (unpaired) electrons. The van der Waals surface area contributed by atoms with Gasteiger partial charge in [-0.15, -0.1) is 0 Å². The largest absolute Gasteiger partial charge is 0.480 e. The van der Waals surface area contributed by atoms with E-state index in [0.29, 0.717) is 16.8 Å². The summed E-state index contributed by atoms with van der Waals surface area (Å²) in [4.78, 5) is 54.0. The first-order chi connectivity index (χ1) is 16.6. The second-order valence-corrected chi connectivity index (χ2v) is 8.63. The van der Waals surface area contributed by atoms with Gasteiger partial charge in [0.2, 0.25) is 17.7 Å². The summed E-state index contributed by atoms with van der Waals surface area (Å²) in [7, 11) is 0. The maximum absolute atomic E-state index is 13.7. The maximum atomic E-state index is 13.7. The Morgan fingerprint density at radius 1 is 1.00 bits per heavy atom. The highest BCUT2D eigenvalue weighted by Crippen LogP contribution is 2.55. The third kappa shape index (κ3) is 3.65. The van der Waals surface area contributed by atoms with E-state index in [9.17, 15) is 29.4 Å². The molecule has 2 aromatic carbocycles. The number of carbonyl (C=O) groups is 4. The van der Waals surface area contributed by atoms with Gasteiger partial charge in [-0.1, -0.05) is 42.5 Å². The number of nitrogens with one attached hydrogen (secondary N) is 1. The molecule has 11 nitrogen and oxygen atoms in total. The zero-order valence-electron chi connectivity index (χ0n) is 18.6. The summed E-state index contributed by atoms with van der Waals surface area (Å²) in [5.74, 6) is -6.27. The number of aliphatic hydroxyl groups is 1. The minimum Gasteiger partial charge on any atom is -0.480 e. The summed E-state index contributed by atoms with van der Waals surface area (Å²) < 4.78 is 0. The predicted octanol–water partition coefficient (Wildman–Crippen LogP) is -0.176. The molecule has 2 aromatic rings. The van der Waals surface area contributed by atoms with Crippen LogP contribution in [0, 0.1) is 17.2 Å². The molecular formula is C24H25N5O6. The molecule has 2 aliphatic rings. The smallest absolute Gasteiger partial charge is 0.327 e. The zero-order chi connectivity index (χ0) is 25.5. The number of primary amides is 1. The Balaban J connectivity index is 1.91. The third-order valence-corrected chi connectivity index (χ3v) is 6.84. The number of carboxylic acids is 1. The lowest BCUT2D eigenvalue weighted by Crippen LogP contribution is -2.60. The van der Waals surface area contributed by atoms with Crippen molar-refractivity contribution in [3.63, 3.8) is 0 Å². The molecule has 4 unspecified atom stereocenters. The molecule has 3 amide bonds. The summed E-state index contributed by atoms with van der Waals surface area (Å²) in [6.07, 6.45) is -0.249. The van der Waals surface area contributed by atoms with Crippen LogP contribution in [0.25, 0.3) is 0 Å². The zero-order valence-corrected chi connectivity index (χ0v) is 18.6. The van der Waals surface area contributed by atoms with Crippen LogP contribution in [0.2, 0.25) is 0 Å². The Hall–Kier alpha value is -4.09. The quantitative estimate of drug-likeness (QED) is 0.196. The normalized spacial score (nSPS) is 26.1. The van der Waals surface area contributed by atoms with Crippen LogP contribution >= 0.6 is 0 Å². The van der Waals surface area contributed by atoms with Crippen molar-refractivity contribution in [1.29, 1.82) is 5.41 Å². The molecule has 2 fully saturated rings. The number of anilines is 1. The molecule has 2 saturated heterocycles. The average molecular weight is 479 g/mol. The van der Waals surface area contributed by atoms with Gasteiger partial charge in [-0.05, 0) is 17.7 Å². The molecule has 2 heterocycles. The van der Waals surface area contributed by atoms with Crippen LogP contribution in [0.1, 0.15) is 23.6 Å². The van der Waals surface area contributed by atoms with Gasteiger partial charge in [-0.25, -0.2) is 4.90 Å². The summed E-state index contributed by atoms with van der Waals surface area (Å²) >= 11 is 0. The van der Waals surface area contributed by atoms with E-state index in [1.807, 2.05) is 0 Å². The molecule has 0 spiro atoms. The van der Waals surface area contributed by atoms with Gasteiger partial charge in [-0.3, -0.25) is 29.5 Å². The molecule has 11 heteroatoms. The first-order valence-corrected chi connectivity index (χ1v) is 10.9. The van der Waals surface area contributed by atoms with Gasteiger partial charge in [-0.2, -0.15) is 0 Å². The van der Waals surface area contributed by atoms with Gasteiger partial charge < -0.3 is 21.7 Å². The molecule has 0 saturated carbocycles. The van der Waals surface area contributed by atoms with Crippen molar-refractivity contribution in [1.82, 2.24) is 4.90 Å². The Kier molecular flexibility index (Phi) is 6.14. The number of nitrogen functional groups attached to an aromatic ring is 1. The highest BCUT2D eigenvalue weighted by atomic mass is 16.4. The fraction of sp³-hybridized carbons (Fsp3) is 0.292. The fourth-order valence-electron chi connectivity index (χ4n) is 5.29. The van der Waals surface area contributed by atoms with Crippen LogP contribution in [0.3, 0.4) is 0 Å². The second kappa shape index (κ2) is 8.93. The molecule has 0 bridgehead atoms. The van der Waals surface area contributed by atoms with Gasteiger partial charge in [0, 0.05) is 24.6 Å². The first kappa shape index (κ1) is 24.0. The Bertz CT molecular complexity index is 1200. The number of hydrogen-bond acceptors (Lipinski definition) is 7. The highest BCUT2D eigenvalue weighted by molar-refractivity contribution is 6.24. The molecular weight excluding hydrogens is 454 g/mol. The first-order valence-electron chi connectivity index (χ1n) is 10.9. The third-order valence-electron chi connectivity index (χ3n) is 6.84. The van der Waals surface area contributed by atoms with E-state index in [2.05, 4.69) is 0 Å². The Labute approximate surface area is 200 Å². The number of nitrogens with zero attached hydrogens (tertiary/aromatic N) is 2. The topological polar surface area (TPSA) is 191 Å². The van der Waals surface area contributed by atoms with Crippen LogP contribution in [-0.4, -0.2) is 63.3 Å². The summed E-state index contributed by atoms with van der Waals surface area (Å²) in [6.45, 7) is -1.16. The molecule has 0 aliphatic carbocycles. The van der Waals surface area contributed by atoms with E-state index < -0.39 is 53.7 Å². The number of hydrogen-bond donors (Lipinski definition) is 5. The van der Waals surface area contributed by atoms with Gasteiger partial charge >= 0.3 is 5.97 Å². The lowest BCUT2D eigenvalue weighted by atomic mass is 9.79. The van der Waals surface area contributed by atoms with Crippen LogP contribution in [0.15, 0.2) is 54.6 Å². The molecule has 4 rings (SSSR count). The number of imide groups is 1. The molecule has 2 aliphatic heterocycles. The van der Waals surface area contributed by atoms with E-state index in [0.717, 1.165) is 4.90 Å². The number of para-hydroxylation sites is 1. The van der Waals surface area contributed by atoms with Gasteiger partial charge in [0.15, 0.2) is 5.54 Å². The number of likely N-dealkylation sites (tertiary alicyclic amines) is 1. The SMILES string of the molecule is N=C(N)c1ccc(C2C3C(=O)N(c4ccccc4)C(=O)C3C(CO)(C(=O)O)N2CCC(N)=O)cc1. The van der Waals surface area contributed by atoms with Crippen LogP contribution < -0.4 is 16.4 Å². The maximum Gasteiger partial charge on any atom is 0.327 e. The van der Waals surface area contributed by atoms with E-state index in [4.69, 9.17) is 16.9 Å². The summed E-state index contributed by atoms with van der Waals surface area (Å²) in [5, 5.41) is 28.4. The molecule has 182 valence electrons. The number of carboxylic acid groups (broad SMARTS) is 1. The number of fused-ring (bicyclic) bond motifs is 1. The monoisotopic (exact) mass is 479 g/mol. The van der Waals surface area contributed by atoms with E-state index in [1.165, 1.54) is 4.90 Å². The molecule has 0 aromatic heterocycles. The van der Waals surface area contributed by atoms with Crippen molar-refractivity contribution in [2.24, 2.45) is 23.3 Å². The summed E-state index contributed by atoms with van der Waals surface area (Å²) in [5.41, 5.74) is 9.89. The van der Waals surface area contributed by atoms with Gasteiger partial charge in [0.25, 0.3) is 0 Å². The van der Waals surface area contributed by atoms with Crippen LogP contribution in [-0.2, 0) is 19.2 Å². The minimum atomic E-state index is -2.17. The number of rotatable bonds is 8. The number of amides is 3. The standard InChI is InChI=1S/C24H25N5O6/c25-16(31)10-11-28-19(13-6-8-14(9-7-13)20(26)27)17-18(24(28,12-30)23(34)35)22(33)29(21(17)32)15-4-2-1-3-5-15/h1-9,17-19,30H,10-12H2,(H2,25,31)(H3,26,27)(H,34,35). The number of aliphatic carboxylic acids is 1. The molecule has 35 heavy (non-hydrogen) atoms. The van der Waals surface area contributed by atoms with Crippen molar-refractivity contribution in [2.45, 2.75) is 18.0 Å².